The predicted molar refractivity (Wildman–Crippen MR) is 74.0 cm³/mol. The van der Waals surface area contributed by atoms with Crippen molar-refractivity contribution in [2.24, 2.45) is 0 Å². The highest BCUT2D eigenvalue weighted by atomic mass is 32.2. The summed E-state index contributed by atoms with van der Waals surface area (Å²) in [6.07, 6.45) is 0.939. The van der Waals surface area contributed by atoms with E-state index in [0.717, 1.165) is 16.6 Å². The monoisotopic (exact) mass is 301 g/mol. The minimum atomic E-state index is -3.73. The number of likely N-dealkylation sites (N-methyl/N-ethyl adjacent to an activating group) is 1. The van der Waals surface area contributed by atoms with Crippen molar-refractivity contribution in [1.29, 1.82) is 0 Å². The van der Waals surface area contributed by atoms with Crippen LogP contribution in [0.3, 0.4) is 0 Å². The summed E-state index contributed by atoms with van der Waals surface area (Å²) >= 11 is 0. The molecule has 8 nitrogen and oxygen atoms in total. The summed E-state index contributed by atoms with van der Waals surface area (Å²) in [6.45, 7) is -0.410. The van der Waals surface area contributed by atoms with Gasteiger partial charge < -0.3 is 4.90 Å². The summed E-state index contributed by atoms with van der Waals surface area (Å²) in [4.78, 5) is 23.0. The van der Waals surface area contributed by atoms with Gasteiger partial charge in [-0.1, -0.05) is 6.07 Å². The molecule has 110 valence electrons. The van der Waals surface area contributed by atoms with Gasteiger partial charge >= 0.3 is 0 Å². The van der Waals surface area contributed by atoms with Gasteiger partial charge in [0.05, 0.1) is 16.9 Å². The number of carbonyl (C=O) groups is 1. The Labute approximate surface area is 116 Å². The number of nitro benzene ring substituents is 1. The Balaban J connectivity index is 3.22. The lowest BCUT2D eigenvalue weighted by atomic mass is 10.3. The van der Waals surface area contributed by atoms with Crippen LogP contribution in [0.5, 0.6) is 0 Å². The molecule has 9 heteroatoms. The average molecular weight is 301 g/mol. The number of nitrogens with zero attached hydrogens (tertiary/aromatic N) is 3. The number of hydrogen-bond acceptors (Lipinski definition) is 5. The Kier molecular flexibility index (Phi) is 4.66. The smallest absolute Gasteiger partial charge is 0.271 e. The molecular formula is C11H15N3O5S. The predicted octanol–water partition coefficient (Wildman–Crippen LogP) is 0.449. The molecule has 0 aliphatic carbocycles. The molecule has 1 amide bonds. The molecule has 0 spiro atoms. The fourth-order valence-corrected chi connectivity index (χ4v) is 2.27. The minimum Gasteiger partial charge on any atom is -0.347 e. The van der Waals surface area contributed by atoms with Gasteiger partial charge in [-0.3, -0.25) is 19.2 Å². The number of sulfonamides is 1. The second kappa shape index (κ2) is 5.87. The molecule has 0 N–H and O–H groups in total. The van der Waals surface area contributed by atoms with Crippen molar-refractivity contribution in [3.05, 3.63) is 34.4 Å². The molecule has 1 aromatic rings. The molecule has 0 heterocycles. The van der Waals surface area contributed by atoms with E-state index in [1.54, 1.807) is 0 Å². The van der Waals surface area contributed by atoms with Crippen LogP contribution in [0.1, 0.15) is 0 Å². The van der Waals surface area contributed by atoms with Crippen LogP contribution in [0.4, 0.5) is 11.4 Å². The molecule has 0 radical (unpaired) electrons. The first kappa shape index (κ1) is 15.9. The summed E-state index contributed by atoms with van der Waals surface area (Å²) in [6, 6.07) is 5.13. The zero-order valence-corrected chi connectivity index (χ0v) is 12.1. The molecule has 0 bridgehead atoms. The maximum absolute atomic E-state index is 11.8. The molecule has 1 rings (SSSR count). The van der Waals surface area contributed by atoms with E-state index < -0.39 is 27.4 Å². The van der Waals surface area contributed by atoms with Crippen molar-refractivity contribution in [2.45, 2.75) is 0 Å². The Morgan fingerprint density at radius 3 is 2.40 bits per heavy atom. The van der Waals surface area contributed by atoms with E-state index in [9.17, 15) is 23.3 Å². The lowest BCUT2D eigenvalue weighted by Crippen LogP contribution is -2.39. The van der Waals surface area contributed by atoms with E-state index in [-0.39, 0.29) is 11.4 Å². The highest BCUT2D eigenvalue weighted by Gasteiger charge is 2.23. The van der Waals surface area contributed by atoms with E-state index in [1.807, 2.05) is 0 Å². The van der Waals surface area contributed by atoms with Crippen LogP contribution in [0.25, 0.3) is 0 Å². The molecule has 0 saturated heterocycles. The van der Waals surface area contributed by atoms with Crippen LogP contribution in [0, 0.1) is 10.1 Å². The Morgan fingerprint density at radius 1 is 1.35 bits per heavy atom. The van der Waals surface area contributed by atoms with Crippen molar-refractivity contribution < 1.29 is 18.1 Å². The number of rotatable bonds is 5. The van der Waals surface area contributed by atoms with Crippen LogP contribution >= 0.6 is 0 Å². The topological polar surface area (TPSA) is 101 Å². The summed E-state index contributed by atoms with van der Waals surface area (Å²) < 4.78 is 24.3. The highest BCUT2D eigenvalue weighted by Crippen LogP contribution is 2.23. The third-order valence-electron chi connectivity index (χ3n) is 2.51. The molecule has 1 aromatic carbocycles. The number of non-ortho nitro benzene ring substituents is 1. The SMILES string of the molecule is CN(C)C(=O)CN(c1cccc([N+](=O)[O-])c1)S(C)(=O)=O. The fraction of sp³-hybridized carbons (Fsp3) is 0.364. The van der Waals surface area contributed by atoms with Gasteiger partial charge in [-0.2, -0.15) is 0 Å². The summed E-state index contributed by atoms with van der Waals surface area (Å²) in [5, 5.41) is 10.7. The Bertz CT molecular complexity index is 627. The Morgan fingerprint density at radius 2 is 1.95 bits per heavy atom. The number of nitro groups is 1. The first-order chi connectivity index (χ1) is 9.12. The molecule has 20 heavy (non-hydrogen) atoms. The summed E-state index contributed by atoms with van der Waals surface area (Å²) in [5.74, 6) is -0.429. The number of amides is 1. The molecule has 0 aliphatic rings. The van der Waals surface area contributed by atoms with Gasteiger partial charge in [-0.15, -0.1) is 0 Å². The summed E-state index contributed by atoms with van der Waals surface area (Å²) in [7, 11) is -0.733. The lowest BCUT2D eigenvalue weighted by Gasteiger charge is -2.23. The van der Waals surface area contributed by atoms with Crippen LogP contribution in [0.2, 0.25) is 0 Å². The second-order valence-corrected chi connectivity index (χ2v) is 6.24. The van der Waals surface area contributed by atoms with E-state index in [2.05, 4.69) is 0 Å². The molecule has 0 aliphatic heterocycles. The number of hydrogen-bond donors (Lipinski definition) is 0. The largest absolute Gasteiger partial charge is 0.347 e. The first-order valence-electron chi connectivity index (χ1n) is 5.55. The Hall–Kier alpha value is -2.16. The average Bonchev–Trinajstić information content (AvgIpc) is 2.34. The third-order valence-corrected chi connectivity index (χ3v) is 3.65. The van der Waals surface area contributed by atoms with Gasteiger partial charge in [-0.25, -0.2) is 8.42 Å². The van der Waals surface area contributed by atoms with Gasteiger partial charge in [0.15, 0.2) is 0 Å². The summed E-state index contributed by atoms with van der Waals surface area (Å²) in [5.41, 5.74) is -0.162. The quantitative estimate of drug-likeness (QED) is 0.580. The van der Waals surface area contributed by atoms with E-state index in [4.69, 9.17) is 0 Å². The minimum absolute atomic E-state index is 0.0805. The van der Waals surface area contributed by atoms with Crippen LogP contribution in [-0.2, 0) is 14.8 Å². The number of anilines is 1. The maximum atomic E-state index is 11.8. The normalized spacial score (nSPS) is 10.9. The van der Waals surface area contributed by atoms with Crippen LogP contribution in [0.15, 0.2) is 24.3 Å². The standard InChI is InChI=1S/C11H15N3O5S/c1-12(2)11(15)8-13(20(3,18)19)9-5-4-6-10(7-9)14(16)17/h4-7H,8H2,1-3H3. The molecule has 0 unspecified atom stereocenters. The van der Waals surface area contributed by atoms with Crippen molar-refractivity contribution in [3.63, 3.8) is 0 Å². The third kappa shape index (κ3) is 3.92. The van der Waals surface area contributed by atoms with E-state index >= 15 is 0 Å². The lowest BCUT2D eigenvalue weighted by molar-refractivity contribution is -0.384. The molecular weight excluding hydrogens is 286 g/mol. The fourth-order valence-electron chi connectivity index (χ4n) is 1.43. The molecule has 0 saturated carbocycles. The van der Waals surface area contributed by atoms with Gasteiger partial charge in [0.25, 0.3) is 5.69 Å². The molecule has 0 atom stereocenters. The van der Waals surface area contributed by atoms with E-state index in [1.165, 1.54) is 37.2 Å². The van der Waals surface area contributed by atoms with Gasteiger partial charge in [0.2, 0.25) is 15.9 Å². The zero-order chi connectivity index (χ0) is 15.5. The van der Waals surface area contributed by atoms with Crippen molar-refractivity contribution in [1.82, 2.24) is 4.90 Å². The van der Waals surface area contributed by atoms with Gasteiger partial charge in [0, 0.05) is 26.2 Å². The zero-order valence-electron chi connectivity index (χ0n) is 11.3. The maximum Gasteiger partial charge on any atom is 0.271 e. The first-order valence-corrected chi connectivity index (χ1v) is 7.40. The van der Waals surface area contributed by atoms with Gasteiger partial charge in [-0.05, 0) is 6.07 Å². The van der Waals surface area contributed by atoms with Gasteiger partial charge in [0.1, 0.15) is 6.54 Å². The van der Waals surface area contributed by atoms with Crippen LogP contribution in [-0.4, -0.2) is 51.0 Å². The van der Waals surface area contributed by atoms with Crippen LogP contribution < -0.4 is 4.31 Å². The molecule has 0 aromatic heterocycles. The highest BCUT2D eigenvalue weighted by molar-refractivity contribution is 7.92. The van der Waals surface area contributed by atoms with Crippen molar-refractivity contribution in [2.75, 3.05) is 31.2 Å². The van der Waals surface area contributed by atoms with Crippen molar-refractivity contribution >= 4 is 27.3 Å². The number of benzene rings is 1. The molecule has 0 fully saturated rings. The van der Waals surface area contributed by atoms with Crippen molar-refractivity contribution in [3.8, 4) is 0 Å². The number of carbonyl (C=O) groups excluding carboxylic acids is 1. The second-order valence-electron chi connectivity index (χ2n) is 4.33. The van der Waals surface area contributed by atoms with E-state index in [0.29, 0.717) is 0 Å².